The lowest BCUT2D eigenvalue weighted by atomic mass is 9.97. The molecule has 0 fully saturated rings. The second-order valence-corrected chi connectivity index (χ2v) is 41.9. The van der Waals surface area contributed by atoms with Crippen molar-refractivity contribution >= 4 is 166 Å². The van der Waals surface area contributed by atoms with Crippen molar-refractivity contribution in [3.05, 3.63) is 29.8 Å². The van der Waals surface area contributed by atoms with E-state index in [9.17, 15) is 136 Å². The van der Waals surface area contributed by atoms with Crippen LogP contribution in [0.25, 0.3) is 0 Å². The molecule has 31 N–H and O–H groups in total. The van der Waals surface area contributed by atoms with E-state index in [2.05, 4.69) is 108 Å². The number of primary amides is 2. The van der Waals surface area contributed by atoms with E-state index >= 15 is 0 Å². The number of rotatable bonds is 70. The zero-order valence-electron chi connectivity index (χ0n) is 88.2. The van der Waals surface area contributed by atoms with Crippen LogP contribution in [0.5, 0.6) is 5.75 Å². The Morgan fingerprint density at radius 1 is 0.304 bits per heavy atom. The Bertz CT molecular complexity index is 4590. The average Bonchev–Trinajstić information content (AvgIpc) is 0.842. The van der Waals surface area contributed by atoms with Crippen LogP contribution in [0.4, 0.5) is 0 Å². The third kappa shape index (κ3) is 49.6. The molecule has 0 unspecified atom stereocenters. The van der Waals surface area contributed by atoms with Gasteiger partial charge in [-0.1, -0.05) is 123 Å². The fourth-order valence-corrected chi connectivity index (χ4v) is 15.8. The van der Waals surface area contributed by atoms with Gasteiger partial charge in [0, 0.05) is 18.6 Å². The van der Waals surface area contributed by atoms with E-state index in [1.807, 2.05) is 11.6 Å². The third-order valence-corrected chi connectivity index (χ3v) is 24.5. The molecule has 0 aliphatic heterocycles. The highest BCUT2D eigenvalue weighted by atomic mass is 32.2. The number of carboxylic acid groups (broad SMARTS) is 1. The van der Waals surface area contributed by atoms with Gasteiger partial charge in [0.1, 0.15) is 121 Å². The number of nitrogens with one attached hydrogen (secondary N) is 19. The maximum atomic E-state index is 14.5. The zero-order valence-corrected chi connectivity index (χ0v) is 90.8. The molecule has 0 aromatic heterocycles. The lowest BCUT2D eigenvalue weighted by Crippen LogP contribution is -2.63. The normalized spacial score (nSPS) is 15.7. The lowest BCUT2D eigenvalue weighted by molar-refractivity contribution is -0.143. The van der Waals surface area contributed by atoms with Crippen LogP contribution in [-0.2, 0) is 112 Å². The second kappa shape index (κ2) is 68.0. The highest BCUT2D eigenvalue weighted by Crippen LogP contribution is 2.20. The van der Waals surface area contributed by atoms with Crippen LogP contribution in [0, 0.1) is 47.3 Å². The number of carbonyl (C=O) groups excluding carboxylic acids is 21. The number of carboxylic acids is 1. The number of carbonyl (C=O) groups is 22. The Hall–Kier alpha value is -11.8. The standard InChI is InChI=1S/C95H162N22O28S3/c1-43(2)32-59(105-79(128)57(26-27-70(97)123)101-80(129)58(29-31-148-21)102-88(137)67(40-119)111-83(132)64(37-54-22-24-55(122)25-23-54)104-78(127)56(96)28-30-147-20)81(130)99-51(17)77(126)110-66(39-118)89(138)113-69(42-146)90(139)116-72(48(11)12)91(140)100-52(18)76(125)103-61(34-45(5)6)87(136)117-75(53(19)121)94(143)108-63(36-47(9)10)86(135)115-73(49(13)14)92(141)107-60(33-44(3)4)82(131)106-62(35-46(7)8)85(134)114-74(50(15)16)93(142)109-65(38-71(98)124)84(133)112-68(41-120)95(144)145/h22-25,43-53,56-69,72-75,118-122,146H,26-42,96H2,1-21H3,(H2,97,123)(H2,98,124)(H,99,130)(H,100,140)(H,101,129)(H,102,137)(H,103,125)(H,104,127)(H,105,128)(H,106,131)(H,107,141)(H,108,143)(H,109,142)(H,110,126)(H,111,132)(H,112,133)(H,113,138)(H,114,134)(H,115,135)(H,116,139)(H,117,136)(H,144,145)/t51-,52-,53+,56-,57-,58-,59-,60-,61-,62-,63-,64-,65-,66-,67-,68-,69-,72-,73-,74-,75-/m0/s1. The minimum atomic E-state index is -1.83. The maximum Gasteiger partial charge on any atom is 0.328 e. The van der Waals surface area contributed by atoms with Gasteiger partial charge in [-0.2, -0.15) is 36.2 Å². The molecular formula is C95H162N22O28S3. The minimum absolute atomic E-state index is 0.0238. The van der Waals surface area contributed by atoms with Gasteiger partial charge >= 0.3 is 5.97 Å². The molecule has 0 spiro atoms. The van der Waals surface area contributed by atoms with Crippen molar-refractivity contribution in [3.8, 4) is 5.75 Å². The number of benzene rings is 1. The topological polar surface area (TPSA) is 804 Å². The predicted molar refractivity (Wildman–Crippen MR) is 552 cm³/mol. The van der Waals surface area contributed by atoms with Crippen molar-refractivity contribution in [3.63, 3.8) is 0 Å². The summed E-state index contributed by atoms with van der Waals surface area (Å²) in [6.07, 6.45) is -0.298. The minimum Gasteiger partial charge on any atom is -0.508 e. The first-order chi connectivity index (χ1) is 69.0. The SMILES string of the molecule is CSCC[C@H](NC(=O)[C@H](CO)NC(=O)[C@H](Cc1ccc(O)cc1)NC(=O)[C@@H](N)CCSC)C(=O)N[C@@H](CCC(N)=O)C(=O)N[C@@H](CC(C)C)C(=O)N[C@@H](C)C(=O)N[C@@H](CO)C(=O)N[C@@H](CS)C(=O)N[C@H](C(=O)N[C@@H](C)C(=O)N[C@@H](CC(C)C)C(=O)N[C@H](C(=O)N[C@@H](CC(C)C)C(=O)N[C@H](C(=O)N[C@@H](CC(C)C)C(=O)N[C@@H](CC(C)C)C(=O)N[C@H](C(=O)N[C@@H](CC(N)=O)C(=O)N[C@@H](CO)C(=O)O)C(C)C)C(C)C)[C@@H](C)O)C(C)C. The summed E-state index contributed by atoms with van der Waals surface area (Å²) in [7, 11) is 0. The Morgan fingerprint density at radius 3 is 0.919 bits per heavy atom. The molecule has 50 nitrogen and oxygen atoms in total. The summed E-state index contributed by atoms with van der Waals surface area (Å²) >= 11 is 6.92. The van der Waals surface area contributed by atoms with E-state index in [1.165, 1.54) is 89.3 Å². The van der Waals surface area contributed by atoms with Crippen molar-refractivity contribution in [2.75, 3.05) is 49.6 Å². The number of aliphatic hydroxyl groups is 4. The third-order valence-electron chi connectivity index (χ3n) is 22.8. The number of nitrogens with two attached hydrogens (primary N) is 3. The van der Waals surface area contributed by atoms with Gasteiger partial charge in [0.15, 0.2) is 0 Å². The molecule has 0 bridgehead atoms. The van der Waals surface area contributed by atoms with Crippen molar-refractivity contribution in [2.45, 2.75) is 329 Å². The zero-order chi connectivity index (χ0) is 113. The lowest BCUT2D eigenvalue weighted by Gasteiger charge is -2.31. The summed E-state index contributed by atoms with van der Waals surface area (Å²) in [6.45, 7) is 26.8. The summed E-state index contributed by atoms with van der Waals surface area (Å²) in [5.41, 5.74) is 17.4. The van der Waals surface area contributed by atoms with Crippen LogP contribution in [0.3, 0.4) is 0 Å². The molecule has 0 saturated carbocycles. The summed E-state index contributed by atoms with van der Waals surface area (Å²) < 4.78 is 0. The molecule has 0 saturated heterocycles. The highest BCUT2D eigenvalue weighted by molar-refractivity contribution is 7.98. The molecule has 838 valence electrons. The van der Waals surface area contributed by atoms with Gasteiger partial charge in [-0.25, -0.2) is 4.79 Å². The quantitative estimate of drug-likeness (QED) is 0.0270. The molecule has 0 aliphatic rings. The van der Waals surface area contributed by atoms with Crippen LogP contribution in [-0.4, -0.2) is 337 Å². The number of aromatic hydroxyl groups is 1. The molecule has 0 heterocycles. The number of aliphatic carboxylic acids is 1. The number of phenols is 1. The Labute approximate surface area is 877 Å². The molecule has 1 aromatic rings. The first-order valence-corrected chi connectivity index (χ1v) is 52.6. The van der Waals surface area contributed by atoms with Crippen LogP contribution >= 0.6 is 36.2 Å². The monoisotopic (exact) mass is 2160 g/mol. The summed E-state index contributed by atoms with van der Waals surface area (Å²) in [5.74, 6) is -26.0. The van der Waals surface area contributed by atoms with E-state index in [4.69, 9.17) is 17.2 Å². The second-order valence-electron chi connectivity index (χ2n) is 39.6. The number of amides is 21. The first-order valence-electron chi connectivity index (χ1n) is 49.2. The molecule has 21 amide bonds. The molecule has 0 radical (unpaired) electrons. The smallest absolute Gasteiger partial charge is 0.328 e. The molecule has 148 heavy (non-hydrogen) atoms. The van der Waals surface area contributed by atoms with Crippen molar-refractivity contribution in [2.24, 2.45) is 64.5 Å². The summed E-state index contributed by atoms with van der Waals surface area (Å²) in [4.78, 5) is 303. The van der Waals surface area contributed by atoms with Gasteiger partial charge < -0.3 is 149 Å². The number of hydrogen-bond acceptors (Lipinski definition) is 31. The molecule has 0 aliphatic carbocycles. The Kier molecular flexibility index (Phi) is 61.7. The van der Waals surface area contributed by atoms with E-state index < -0.39 is 320 Å². The Morgan fingerprint density at radius 2 is 0.568 bits per heavy atom. The van der Waals surface area contributed by atoms with E-state index in [-0.39, 0.29) is 92.5 Å². The molecular weight excluding hydrogens is 1990 g/mol. The Balaban J connectivity index is 3.41. The number of hydrogen-bond donors (Lipinski definition) is 29. The number of aliphatic hydroxyl groups excluding tert-OH is 4. The van der Waals surface area contributed by atoms with Gasteiger partial charge in [-0.05, 0) is 161 Å². The van der Waals surface area contributed by atoms with Crippen LogP contribution in [0.2, 0.25) is 0 Å². The van der Waals surface area contributed by atoms with E-state index in [0.717, 1.165) is 6.92 Å². The van der Waals surface area contributed by atoms with Crippen molar-refractivity contribution in [1.82, 2.24) is 101 Å². The largest absolute Gasteiger partial charge is 0.508 e. The highest BCUT2D eigenvalue weighted by Gasteiger charge is 2.43. The van der Waals surface area contributed by atoms with Gasteiger partial charge in [0.05, 0.1) is 38.4 Å². The summed E-state index contributed by atoms with van der Waals surface area (Å²) in [6, 6.07) is -24.9. The van der Waals surface area contributed by atoms with Gasteiger partial charge in [-0.3, -0.25) is 101 Å². The van der Waals surface area contributed by atoms with Gasteiger partial charge in [0.2, 0.25) is 124 Å². The van der Waals surface area contributed by atoms with Gasteiger partial charge in [0.25, 0.3) is 0 Å². The van der Waals surface area contributed by atoms with E-state index in [1.54, 1.807) is 89.3 Å². The fourth-order valence-electron chi connectivity index (χ4n) is 14.5. The van der Waals surface area contributed by atoms with Gasteiger partial charge in [-0.15, -0.1) is 0 Å². The molecule has 1 rings (SSSR count). The van der Waals surface area contributed by atoms with Crippen LogP contribution in [0.15, 0.2) is 24.3 Å². The van der Waals surface area contributed by atoms with Crippen LogP contribution in [0.1, 0.15) is 201 Å². The molecule has 1 aromatic carbocycles. The fraction of sp³-hybridized carbons (Fsp3) is 0.705. The maximum absolute atomic E-state index is 14.5. The molecule has 21 atom stereocenters. The van der Waals surface area contributed by atoms with E-state index in [0.29, 0.717) is 11.3 Å². The summed E-state index contributed by atoms with van der Waals surface area (Å²) in [5, 5.41) is 108. The molecule has 53 heteroatoms. The number of phenolic OH excluding ortho intramolecular Hbond substituents is 1. The predicted octanol–water partition coefficient (Wildman–Crippen LogP) is -6.27. The average molecular weight is 2160 g/mol. The number of thioether (sulfide) groups is 2. The number of thiol groups is 1. The van der Waals surface area contributed by atoms with Crippen molar-refractivity contribution < 1.29 is 136 Å². The van der Waals surface area contributed by atoms with Crippen molar-refractivity contribution in [1.29, 1.82) is 0 Å². The van der Waals surface area contributed by atoms with Crippen LogP contribution < -0.4 is 118 Å². The first kappa shape index (κ1) is 134.